The van der Waals surface area contributed by atoms with Gasteiger partial charge in [-0.25, -0.2) is 0 Å². The number of fused-ring (bicyclic) bond motifs is 3. The molecule has 0 amide bonds. The number of aliphatic hydroxyl groups excluding tert-OH is 1. The van der Waals surface area contributed by atoms with Crippen LogP contribution in [0.2, 0.25) is 0 Å². The molecule has 1 heterocycles. The monoisotopic (exact) mass is 240 g/mol. The summed E-state index contributed by atoms with van der Waals surface area (Å²) in [4.78, 5) is 0. The third kappa shape index (κ3) is 1.45. The van der Waals surface area contributed by atoms with Gasteiger partial charge >= 0.3 is 0 Å². The van der Waals surface area contributed by atoms with Gasteiger partial charge in [-0.2, -0.15) is 5.26 Å². The van der Waals surface area contributed by atoms with E-state index in [1.165, 1.54) is 0 Å². The van der Waals surface area contributed by atoms with Gasteiger partial charge in [0.05, 0.1) is 17.6 Å². The Morgan fingerprint density at radius 3 is 3.00 bits per heavy atom. The fraction of sp³-hybridized carbons (Fsp3) is 0.286. The quantitative estimate of drug-likeness (QED) is 0.767. The van der Waals surface area contributed by atoms with E-state index in [0.717, 1.165) is 11.1 Å². The molecule has 90 valence electrons. The average Bonchev–Trinajstić information content (AvgIpc) is 2.71. The van der Waals surface area contributed by atoms with Crippen LogP contribution in [0.3, 0.4) is 0 Å². The zero-order valence-electron chi connectivity index (χ0n) is 9.92. The highest BCUT2D eigenvalue weighted by Crippen LogP contribution is 2.40. The van der Waals surface area contributed by atoms with Gasteiger partial charge in [-0.3, -0.25) is 0 Å². The van der Waals surface area contributed by atoms with Crippen molar-refractivity contribution in [2.75, 3.05) is 0 Å². The maximum atomic E-state index is 10.3. The van der Waals surface area contributed by atoms with Crippen LogP contribution in [-0.2, 0) is 6.42 Å². The lowest BCUT2D eigenvalue weighted by Gasteiger charge is -2.13. The van der Waals surface area contributed by atoms with E-state index < -0.39 is 12.0 Å². The molecular formula is C14H12N2O2. The van der Waals surface area contributed by atoms with Crippen molar-refractivity contribution in [2.24, 2.45) is 5.92 Å². The van der Waals surface area contributed by atoms with Crippen molar-refractivity contribution in [3.8, 4) is 17.3 Å². The number of aliphatic hydroxyl groups is 1. The van der Waals surface area contributed by atoms with Crippen molar-refractivity contribution in [1.82, 2.24) is 5.16 Å². The van der Waals surface area contributed by atoms with Gasteiger partial charge in [-0.1, -0.05) is 29.4 Å². The summed E-state index contributed by atoms with van der Waals surface area (Å²) in [6.07, 6.45) is -0.312. The zero-order chi connectivity index (χ0) is 12.7. The van der Waals surface area contributed by atoms with E-state index in [-0.39, 0.29) is 0 Å². The van der Waals surface area contributed by atoms with Crippen molar-refractivity contribution in [2.45, 2.75) is 19.4 Å². The molecule has 0 saturated heterocycles. The van der Waals surface area contributed by atoms with Crippen LogP contribution in [-0.4, -0.2) is 10.3 Å². The maximum Gasteiger partial charge on any atom is 0.140 e. The van der Waals surface area contributed by atoms with Crippen LogP contribution >= 0.6 is 0 Å². The van der Waals surface area contributed by atoms with Gasteiger partial charge in [0.2, 0.25) is 0 Å². The molecule has 1 N–H and O–H groups in total. The number of hydrogen-bond donors (Lipinski definition) is 1. The number of aryl methyl sites for hydroxylation is 1. The second kappa shape index (κ2) is 3.97. The first-order valence-electron chi connectivity index (χ1n) is 5.84. The summed E-state index contributed by atoms with van der Waals surface area (Å²) in [6.45, 7) is 1.76. The molecular weight excluding hydrogens is 228 g/mol. The Morgan fingerprint density at radius 2 is 2.22 bits per heavy atom. The van der Waals surface area contributed by atoms with Crippen molar-refractivity contribution < 1.29 is 9.63 Å². The molecule has 3 rings (SSSR count). The van der Waals surface area contributed by atoms with Crippen LogP contribution in [0.1, 0.15) is 23.0 Å². The summed E-state index contributed by atoms with van der Waals surface area (Å²) in [5.74, 6) is 0.111. The molecule has 1 aliphatic carbocycles. The van der Waals surface area contributed by atoms with Gasteiger partial charge in [-0.05, 0) is 18.9 Å². The molecule has 0 saturated carbocycles. The highest BCUT2D eigenvalue weighted by atomic mass is 16.5. The van der Waals surface area contributed by atoms with Crippen LogP contribution in [0, 0.1) is 24.2 Å². The summed E-state index contributed by atoms with van der Waals surface area (Å²) in [7, 11) is 0. The number of nitriles is 1. The first-order valence-corrected chi connectivity index (χ1v) is 5.84. The maximum absolute atomic E-state index is 10.3. The lowest BCUT2D eigenvalue weighted by atomic mass is 9.94. The van der Waals surface area contributed by atoms with Crippen LogP contribution < -0.4 is 0 Å². The van der Waals surface area contributed by atoms with Crippen LogP contribution in [0.25, 0.3) is 11.3 Å². The van der Waals surface area contributed by atoms with Crippen molar-refractivity contribution in [3.05, 3.63) is 41.2 Å². The Balaban J connectivity index is 2.30. The molecule has 0 radical (unpaired) electrons. The number of hydrogen-bond acceptors (Lipinski definition) is 4. The van der Waals surface area contributed by atoms with E-state index in [9.17, 15) is 10.4 Å². The van der Waals surface area contributed by atoms with E-state index in [1.807, 2.05) is 24.3 Å². The highest BCUT2D eigenvalue weighted by molar-refractivity contribution is 5.69. The first-order chi connectivity index (χ1) is 8.72. The normalized spacial score (nSPS) is 21.6. The predicted octanol–water partition coefficient (Wildman–Crippen LogP) is 2.38. The molecule has 2 aromatic rings. The molecule has 2 unspecified atom stereocenters. The van der Waals surface area contributed by atoms with Crippen LogP contribution in [0.15, 0.2) is 28.8 Å². The van der Waals surface area contributed by atoms with Crippen molar-refractivity contribution >= 4 is 0 Å². The van der Waals surface area contributed by atoms with E-state index in [4.69, 9.17) is 4.52 Å². The number of rotatable bonds is 0. The lowest BCUT2D eigenvalue weighted by molar-refractivity contribution is 0.134. The molecule has 1 aromatic carbocycles. The Morgan fingerprint density at radius 1 is 1.44 bits per heavy atom. The van der Waals surface area contributed by atoms with E-state index in [2.05, 4.69) is 11.2 Å². The second-order valence-corrected chi connectivity index (χ2v) is 4.54. The van der Waals surface area contributed by atoms with Gasteiger partial charge in [0.15, 0.2) is 0 Å². The minimum Gasteiger partial charge on any atom is -0.387 e. The minimum absolute atomic E-state index is 0.467. The molecule has 18 heavy (non-hydrogen) atoms. The molecule has 0 bridgehead atoms. The lowest BCUT2D eigenvalue weighted by Crippen LogP contribution is -2.12. The molecule has 0 spiro atoms. The first kappa shape index (κ1) is 11.0. The zero-order valence-corrected chi connectivity index (χ0v) is 9.92. The number of nitrogens with zero attached hydrogens (tertiary/aromatic N) is 2. The Hall–Kier alpha value is -2.12. The number of benzene rings is 1. The topological polar surface area (TPSA) is 70.1 Å². The molecule has 0 fully saturated rings. The SMILES string of the molecule is Cc1onc2c1C(O)C(C#N)Cc1ccccc1-2. The fourth-order valence-electron chi connectivity index (χ4n) is 2.52. The summed E-state index contributed by atoms with van der Waals surface area (Å²) in [5, 5.41) is 23.6. The van der Waals surface area contributed by atoms with Crippen molar-refractivity contribution in [1.29, 1.82) is 5.26 Å². The Bertz CT molecular complexity index is 639. The molecule has 4 heteroatoms. The third-order valence-corrected chi connectivity index (χ3v) is 3.46. The Labute approximate surface area is 104 Å². The average molecular weight is 240 g/mol. The summed E-state index contributed by atoms with van der Waals surface area (Å²) in [6, 6.07) is 9.93. The second-order valence-electron chi connectivity index (χ2n) is 4.54. The molecule has 1 aliphatic rings. The fourth-order valence-corrected chi connectivity index (χ4v) is 2.52. The standard InChI is InChI=1S/C14H12N2O2/c1-8-12-13(16-18-8)11-5-3-2-4-9(11)6-10(7-15)14(12)17/h2-5,10,14,17H,6H2,1H3. The minimum atomic E-state index is -0.844. The van der Waals surface area contributed by atoms with Gasteiger partial charge in [0.1, 0.15) is 17.6 Å². The van der Waals surface area contributed by atoms with Crippen molar-refractivity contribution in [3.63, 3.8) is 0 Å². The smallest absolute Gasteiger partial charge is 0.140 e. The molecule has 1 aromatic heterocycles. The predicted molar refractivity (Wildman–Crippen MR) is 64.4 cm³/mol. The Kier molecular flexibility index (Phi) is 2.42. The largest absolute Gasteiger partial charge is 0.387 e. The molecule has 0 aliphatic heterocycles. The highest BCUT2D eigenvalue weighted by Gasteiger charge is 2.33. The summed E-state index contributed by atoms with van der Waals surface area (Å²) in [5.41, 5.74) is 3.27. The van der Waals surface area contributed by atoms with E-state index in [1.54, 1.807) is 6.92 Å². The van der Waals surface area contributed by atoms with Gasteiger partial charge in [0, 0.05) is 5.56 Å². The summed E-state index contributed by atoms with van der Waals surface area (Å²) < 4.78 is 5.17. The molecule has 4 nitrogen and oxygen atoms in total. The van der Waals surface area contributed by atoms with Gasteiger partial charge < -0.3 is 9.63 Å². The van der Waals surface area contributed by atoms with E-state index >= 15 is 0 Å². The third-order valence-electron chi connectivity index (χ3n) is 3.46. The summed E-state index contributed by atoms with van der Waals surface area (Å²) >= 11 is 0. The van der Waals surface area contributed by atoms with Crippen LogP contribution in [0.5, 0.6) is 0 Å². The molecule has 2 atom stereocenters. The van der Waals surface area contributed by atoms with E-state index in [0.29, 0.717) is 23.4 Å². The van der Waals surface area contributed by atoms with Crippen LogP contribution in [0.4, 0.5) is 0 Å². The number of aromatic nitrogens is 1. The van der Waals surface area contributed by atoms with Gasteiger partial charge in [0.25, 0.3) is 0 Å². The van der Waals surface area contributed by atoms with Gasteiger partial charge in [-0.15, -0.1) is 0 Å².